The number of benzene rings is 1. The van der Waals surface area contributed by atoms with E-state index in [2.05, 4.69) is 33.9 Å². The topological polar surface area (TPSA) is 150 Å². The highest BCUT2D eigenvalue weighted by Gasteiger charge is 2.56. The van der Waals surface area contributed by atoms with E-state index in [0.717, 1.165) is 33.4 Å². The van der Waals surface area contributed by atoms with Crippen LogP contribution in [0.3, 0.4) is 0 Å². The van der Waals surface area contributed by atoms with Gasteiger partial charge in [0.05, 0.1) is 19.3 Å². The van der Waals surface area contributed by atoms with Gasteiger partial charge in [-0.05, 0) is 35.8 Å². The molecule has 13 heteroatoms. The molecule has 1 aliphatic rings. The third-order valence-corrected chi connectivity index (χ3v) is 11.2. The molecule has 0 aromatic heterocycles. The molecule has 1 aliphatic heterocycles. The van der Waals surface area contributed by atoms with Crippen molar-refractivity contribution in [2.75, 3.05) is 7.11 Å². The lowest BCUT2D eigenvalue weighted by atomic mass is 9.97. The number of rotatable bonds is 10. The molecule has 1 heterocycles. The fourth-order valence-corrected chi connectivity index (χ4v) is 4.63. The van der Waals surface area contributed by atoms with E-state index in [4.69, 9.17) is 32.8 Å². The van der Waals surface area contributed by atoms with Crippen LogP contribution in [0.5, 0.6) is 5.75 Å². The third kappa shape index (κ3) is 8.35. The van der Waals surface area contributed by atoms with E-state index in [1.165, 1.54) is 6.07 Å². The molecule has 2 rings (SSSR count). The molecule has 1 aromatic carbocycles. The van der Waals surface area contributed by atoms with Crippen molar-refractivity contribution >= 4 is 38.5 Å². The van der Waals surface area contributed by atoms with E-state index in [0.29, 0.717) is 6.29 Å². The van der Waals surface area contributed by atoms with Crippen LogP contribution in [-0.2, 0) is 53.9 Å². The predicted molar refractivity (Wildman–Crippen MR) is 142 cm³/mol. The van der Waals surface area contributed by atoms with Crippen molar-refractivity contribution in [1.29, 1.82) is 0 Å². The van der Waals surface area contributed by atoms with Gasteiger partial charge in [-0.3, -0.25) is 19.2 Å². The zero-order valence-electron chi connectivity index (χ0n) is 24.3. The first-order chi connectivity index (χ1) is 18.5. The van der Waals surface area contributed by atoms with E-state index in [9.17, 15) is 24.0 Å². The fraction of sp³-hybridized carbons (Fsp3) is 0.593. The second kappa shape index (κ2) is 13.4. The lowest BCUT2D eigenvalue weighted by molar-refractivity contribution is -0.282. The van der Waals surface area contributed by atoms with Crippen LogP contribution in [0.15, 0.2) is 18.2 Å². The average molecular weight is 583 g/mol. The van der Waals surface area contributed by atoms with Gasteiger partial charge in [0.2, 0.25) is 12.4 Å². The van der Waals surface area contributed by atoms with Gasteiger partial charge in [0.15, 0.2) is 32.9 Å². The van der Waals surface area contributed by atoms with Crippen LogP contribution in [-0.4, -0.2) is 76.3 Å². The van der Waals surface area contributed by atoms with Crippen molar-refractivity contribution < 1.29 is 56.8 Å². The molecule has 1 saturated heterocycles. The zero-order valence-corrected chi connectivity index (χ0v) is 25.3. The van der Waals surface area contributed by atoms with Crippen LogP contribution in [0, 0.1) is 0 Å². The summed E-state index contributed by atoms with van der Waals surface area (Å²) in [6.07, 6.45) is -7.15. The molecule has 0 amide bonds. The molecule has 0 bridgehead atoms. The highest BCUT2D eigenvalue weighted by atomic mass is 28.4. The maximum atomic E-state index is 12.6. The Morgan fingerprint density at radius 2 is 1.48 bits per heavy atom. The standard InChI is InChI=1S/C27H38O12Si/c1-15(29)35-21-22(36-16(2)30)24(37-17(3)31)26(39-23(21)25(32)33-7)38-20-11-10-18(12-19(20)13-28)14-34-40(8,9)27(4,5)6/h10-13,21-24,26H,14H2,1-9H3/t21-,22-,23-,24+,26?/m0/s1. The molecular weight excluding hydrogens is 544 g/mol. The van der Waals surface area contributed by atoms with Crippen molar-refractivity contribution in [2.45, 2.75) is 97.0 Å². The first kappa shape index (κ1) is 32.9. The molecule has 40 heavy (non-hydrogen) atoms. The molecule has 222 valence electrons. The van der Waals surface area contributed by atoms with Crippen LogP contribution >= 0.6 is 0 Å². The van der Waals surface area contributed by atoms with E-state index < -0.39 is 62.9 Å². The minimum atomic E-state index is -2.06. The molecule has 5 atom stereocenters. The fourth-order valence-electron chi connectivity index (χ4n) is 3.67. The monoisotopic (exact) mass is 582 g/mol. The van der Waals surface area contributed by atoms with Crippen molar-refractivity contribution in [3.63, 3.8) is 0 Å². The summed E-state index contributed by atoms with van der Waals surface area (Å²) in [6, 6.07) is 4.79. The first-order valence-corrected chi connectivity index (χ1v) is 15.5. The van der Waals surface area contributed by atoms with E-state index in [1.807, 2.05) is 0 Å². The first-order valence-electron chi connectivity index (χ1n) is 12.6. The number of aldehydes is 1. The number of carbonyl (C=O) groups excluding carboxylic acids is 5. The van der Waals surface area contributed by atoms with Gasteiger partial charge in [-0.2, -0.15) is 0 Å². The summed E-state index contributed by atoms with van der Waals surface area (Å²) < 4.78 is 38.6. The minimum Gasteiger partial charge on any atom is -0.467 e. The van der Waals surface area contributed by atoms with Crippen molar-refractivity contribution in [3.8, 4) is 5.75 Å². The van der Waals surface area contributed by atoms with E-state index >= 15 is 0 Å². The summed E-state index contributed by atoms with van der Waals surface area (Å²) in [5.41, 5.74) is 0.850. The zero-order chi connectivity index (χ0) is 30.4. The average Bonchev–Trinajstić information content (AvgIpc) is 2.84. The van der Waals surface area contributed by atoms with Crippen molar-refractivity contribution in [1.82, 2.24) is 0 Å². The van der Waals surface area contributed by atoms with Gasteiger partial charge in [-0.15, -0.1) is 0 Å². The number of hydrogen-bond donors (Lipinski definition) is 0. The maximum Gasteiger partial charge on any atom is 0.339 e. The highest BCUT2D eigenvalue weighted by Crippen LogP contribution is 2.37. The summed E-state index contributed by atoms with van der Waals surface area (Å²) >= 11 is 0. The summed E-state index contributed by atoms with van der Waals surface area (Å²) in [7, 11) is -0.976. The summed E-state index contributed by atoms with van der Waals surface area (Å²) in [6.45, 7) is 14.1. The molecular formula is C27H38O12Si. The van der Waals surface area contributed by atoms with Crippen LogP contribution in [0.2, 0.25) is 18.1 Å². The van der Waals surface area contributed by atoms with Gasteiger partial charge in [0.25, 0.3) is 0 Å². The predicted octanol–water partition coefficient (Wildman–Crippen LogP) is 3.09. The number of hydrogen-bond acceptors (Lipinski definition) is 12. The SMILES string of the molecule is COC(=O)[C@H]1OC(Oc2ccc(CO[Si](C)(C)C(C)(C)C)cc2C=O)[C@H](OC(C)=O)[C@@H](OC(C)=O)[C@@H]1OC(C)=O. The number of methoxy groups -OCH3 is 1. The van der Waals surface area contributed by atoms with Crippen LogP contribution < -0.4 is 4.74 Å². The lowest BCUT2D eigenvalue weighted by Gasteiger charge is -2.43. The number of ether oxygens (including phenoxy) is 6. The Kier molecular flexibility index (Phi) is 11.0. The molecule has 0 saturated carbocycles. The second-order valence-corrected chi connectivity index (χ2v) is 15.6. The smallest absolute Gasteiger partial charge is 0.339 e. The van der Waals surface area contributed by atoms with Crippen LogP contribution in [0.1, 0.15) is 57.5 Å². The number of esters is 4. The van der Waals surface area contributed by atoms with E-state index in [-0.39, 0.29) is 23.0 Å². The largest absolute Gasteiger partial charge is 0.467 e. The Morgan fingerprint density at radius 3 is 1.98 bits per heavy atom. The molecule has 1 unspecified atom stereocenters. The van der Waals surface area contributed by atoms with Crippen molar-refractivity contribution in [2.24, 2.45) is 0 Å². The van der Waals surface area contributed by atoms with Gasteiger partial charge in [-0.1, -0.05) is 26.8 Å². The molecule has 0 spiro atoms. The molecule has 0 aliphatic carbocycles. The number of carbonyl (C=O) groups is 5. The van der Waals surface area contributed by atoms with Gasteiger partial charge in [0, 0.05) is 20.8 Å². The summed E-state index contributed by atoms with van der Waals surface area (Å²) in [5.74, 6) is -3.37. The summed E-state index contributed by atoms with van der Waals surface area (Å²) in [4.78, 5) is 60.4. The normalized spacial score (nSPS) is 23.0. The Balaban J connectivity index is 2.47. The Bertz CT molecular complexity index is 1110. The minimum absolute atomic E-state index is 0.00773. The van der Waals surface area contributed by atoms with Crippen molar-refractivity contribution in [3.05, 3.63) is 29.3 Å². The second-order valence-electron chi connectivity index (χ2n) is 10.8. The molecule has 0 radical (unpaired) electrons. The van der Waals surface area contributed by atoms with Gasteiger partial charge in [-0.25, -0.2) is 4.79 Å². The van der Waals surface area contributed by atoms with Crippen LogP contribution in [0.25, 0.3) is 0 Å². The maximum absolute atomic E-state index is 12.6. The highest BCUT2D eigenvalue weighted by molar-refractivity contribution is 6.74. The Hall–Kier alpha value is -3.29. The molecule has 12 nitrogen and oxygen atoms in total. The Morgan fingerprint density at radius 1 is 0.925 bits per heavy atom. The van der Waals surface area contributed by atoms with Crippen LogP contribution in [0.4, 0.5) is 0 Å². The molecule has 1 aromatic rings. The van der Waals surface area contributed by atoms with Gasteiger partial charge < -0.3 is 32.8 Å². The van der Waals surface area contributed by atoms with Gasteiger partial charge in [0.1, 0.15) is 5.75 Å². The summed E-state index contributed by atoms with van der Waals surface area (Å²) in [5, 5.41) is -0.00773. The third-order valence-electron chi connectivity index (χ3n) is 6.68. The quantitative estimate of drug-likeness (QED) is 0.173. The van der Waals surface area contributed by atoms with Gasteiger partial charge >= 0.3 is 23.9 Å². The van der Waals surface area contributed by atoms with E-state index in [1.54, 1.807) is 12.1 Å². The molecule has 1 fully saturated rings. The lowest BCUT2D eigenvalue weighted by Crippen LogP contribution is -2.64. The Labute approximate surface area is 234 Å². The molecule has 0 N–H and O–H groups in total.